The molecule has 7 nitrogen and oxygen atoms in total. The number of rotatable bonds is 5. The third-order valence-electron chi connectivity index (χ3n) is 3.00. The summed E-state index contributed by atoms with van der Waals surface area (Å²) >= 11 is 5.67. The molecule has 24 heavy (non-hydrogen) atoms. The van der Waals surface area contributed by atoms with Crippen LogP contribution in [0.2, 0.25) is 0 Å². The number of sulfonamides is 1. The lowest BCUT2D eigenvalue weighted by atomic mass is 10.3. The Labute approximate surface area is 145 Å². The molecule has 2 aromatic rings. The zero-order valence-electron chi connectivity index (χ0n) is 13.4. The van der Waals surface area contributed by atoms with E-state index in [0.717, 1.165) is 0 Å². The summed E-state index contributed by atoms with van der Waals surface area (Å²) in [5, 5.41) is 1.89. The number of nitrogens with one attached hydrogen (secondary N) is 2. The smallest absolute Gasteiger partial charge is 0.264 e. The Balaban J connectivity index is 2.19. The van der Waals surface area contributed by atoms with Crippen LogP contribution in [0.25, 0.3) is 0 Å². The predicted molar refractivity (Wildman–Crippen MR) is 92.7 cm³/mol. The molecule has 0 aliphatic heterocycles. The molecule has 128 valence electrons. The lowest BCUT2D eigenvalue weighted by Crippen LogP contribution is -2.20. The second kappa shape index (κ2) is 7.14. The lowest BCUT2D eigenvalue weighted by Gasteiger charge is -2.10. The molecule has 1 aromatic heterocycles. The van der Waals surface area contributed by atoms with Gasteiger partial charge in [-0.25, -0.2) is 23.1 Å². The van der Waals surface area contributed by atoms with Gasteiger partial charge in [0.05, 0.1) is 4.90 Å². The van der Waals surface area contributed by atoms with Gasteiger partial charge in [0.1, 0.15) is 5.38 Å². The number of aromatic nitrogens is 2. The van der Waals surface area contributed by atoms with Crippen molar-refractivity contribution in [1.29, 1.82) is 0 Å². The molecule has 0 saturated heterocycles. The molecule has 0 aliphatic carbocycles. The Bertz CT molecular complexity index is 831. The van der Waals surface area contributed by atoms with Crippen molar-refractivity contribution in [1.82, 2.24) is 9.97 Å². The number of anilines is 2. The van der Waals surface area contributed by atoms with Crippen LogP contribution in [-0.4, -0.2) is 29.7 Å². The number of hydrogen-bond donors (Lipinski definition) is 2. The second-order valence-electron chi connectivity index (χ2n) is 5.21. The maximum absolute atomic E-state index is 12.4. The van der Waals surface area contributed by atoms with Crippen LogP contribution in [0.15, 0.2) is 35.2 Å². The van der Waals surface area contributed by atoms with Crippen molar-refractivity contribution in [2.45, 2.75) is 31.0 Å². The molecule has 0 bridgehead atoms. The molecule has 0 radical (unpaired) electrons. The summed E-state index contributed by atoms with van der Waals surface area (Å²) in [5.41, 5.74) is 1.77. The Morgan fingerprint density at radius 1 is 1.12 bits per heavy atom. The highest BCUT2D eigenvalue weighted by molar-refractivity contribution is 7.92. The fourth-order valence-electron chi connectivity index (χ4n) is 1.91. The number of alkyl halides is 1. The first-order chi connectivity index (χ1) is 11.2. The largest absolute Gasteiger partial charge is 0.325 e. The highest BCUT2D eigenvalue weighted by atomic mass is 35.5. The topological polar surface area (TPSA) is 101 Å². The highest BCUT2D eigenvalue weighted by Crippen LogP contribution is 2.17. The monoisotopic (exact) mass is 368 g/mol. The van der Waals surface area contributed by atoms with Gasteiger partial charge in [-0.1, -0.05) is 0 Å². The van der Waals surface area contributed by atoms with E-state index in [1.54, 1.807) is 26.8 Å². The molecular weight excluding hydrogens is 352 g/mol. The molecule has 2 rings (SSSR count). The van der Waals surface area contributed by atoms with Gasteiger partial charge in [-0.15, -0.1) is 11.6 Å². The standard InChI is InChI=1S/C15H17ClN4O3S/c1-9-8-10(2)18-15(17-9)20-24(22,23)13-6-4-12(5-7-13)19-14(21)11(3)16/h4-8,11H,1-3H3,(H,19,21)(H,17,18,20)/t11-/m0/s1. The van der Waals surface area contributed by atoms with Crippen LogP contribution in [0.5, 0.6) is 0 Å². The van der Waals surface area contributed by atoms with E-state index < -0.39 is 15.4 Å². The van der Waals surface area contributed by atoms with Crippen molar-refractivity contribution in [2.24, 2.45) is 0 Å². The summed E-state index contributed by atoms with van der Waals surface area (Å²) in [4.78, 5) is 19.6. The maximum Gasteiger partial charge on any atom is 0.264 e. The minimum Gasteiger partial charge on any atom is -0.325 e. The van der Waals surface area contributed by atoms with Crippen LogP contribution >= 0.6 is 11.6 Å². The number of halogens is 1. The molecule has 0 aliphatic rings. The molecule has 0 spiro atoms. The van der Waals surface area contributed by atoms with Gasteiger partial charge in [-0.05, 0) is 51.1 Å². The van der Waals surface area contributed by atoms with Crippen molar-refractivity contribution < 1.29 is 13.2 Å². The first kappa shape index (κ1) is 18.2. The fraction of sp³-hybridized carbons (Fsp3) is 0.267. The number of carbonyl (C=O) groups is 1. The Kier molecular flexibility index (Phi) is 5.40. The van der Waals surface area contributed by atoms with Gasteiger partial charge in [0, 0.05) is 17.1 Å². The van der Waals surface area contributed by atoms with E-state index in [1.165, 1.54) is 24.3 Å². The number of hydrogen-bond acceptors (Lipinski definition) is 5. The average molecular weight is 369 g/mol. The van der Waals surface area contributed by atoms with E-state index in [1.807, 2.05) is 0 Å². The van der Waals surface area contributed by atoms with Crippen molar-refractivity contribution in [2.75, 3.05) is 10.0 Å². The first-order valence-electron chi connectivity index (χ1n) is 7.07. The van der Waals surface area contributed by atoms with Gasteiger partial charge < -0.3 is 5.32 Å². The summed E-state index contributed by atoms with van der Waals surface area (Å²) < 4.78 is 27.1. The molecule has 1 amide bonds. The van der Waals surface area contributed by atoms with E-state index in [2.05, 4.69) is 20.0 Å². The SMILES string of the molecule is Cc1cc(C)nc(NS(=O)(=O)c2ccc(NC(=O)[C@H](C)Cl)cc2)n1. The molecule has 1 atom stereocenters. The van der Waals surface area contributed by atoms with Crippen LogP contribution in [0.4, 0.5) is 11.6 Å². The van der Waals surface area contributed by atoms with Crippen LogP contribution in [0.3, 0.4) is 0 Å². The van der Waals surface area contributed by atoms with Crippen molar-refractivity contribution in [3.63, 3.8) is 0 Å². The third-order valence-corrected chi connectivity index (χ3v) is 4.54. The van der Waals surface area contributed by atoms with Crippen LogP contribution in [0, 0.1) is 13.8 Å². The van der Waals surface area contributed by atoms with E-state index >= 15 is 0 Å². The lowest BCUT2D eigenvalue weighted by molar-refractivity contribution is -0.115. The molecule has 0 fully saturated rings. The van der Waals surface area contributed by atoms with E-state index in [9.17, 15) is 13.2 Å². The first-order valence-corrected chi connectivity index (χ1v) is 8.99. The number of carbonyl (C=O) groups excluding carboxylic acids is 1. The molecular formula is C15H17ClN4O3S. The van der Waals surface area contributed by atoms with Gasteiger partial charge in [0.25, 0.3) is 10.0 Å². The predicted octanol–water partition coefficient (Wildman–Crippen LogP) is 2.46. The molecule has 1 aromatic carbocycles. The Morgan fingerprint density at radius 3 is 2.17 bits per heavy atom. The summed E-state index contributed by atoms with van der Waals surface area (Å²) in [5.74, 6) is -0.352. The summed E-state index contributed by atoms with van der Waals surface area (Å²) in [6, 6.07) is 7.45. The highest BCUT2D eigenvalue weighted by Gasteiger charge is 2.16. The Hall–Kier alpha value is -2.19. The van der Waals surface area contributed by atoms with Gasteiger partial charge >= 0.3 is 0 Å². The van der Waals surface area contributed by atoms with Crippen LogP contribution in [-0.2, 0) is 14.8 Å². The number of aryl methyl sites for hydroxylation is 2. The zero-order chi connectivity index (χ0) is 17.9. The van der Waals surface area contributed by atoms with Crippen LogP contribution < -0.4 is 10.0 Å². The molecule has 1 heterocycles. The normalized spacial score (nSPS) is 12.5. The summed E-state index contributed by atoms with van der Waals surface area (Å²) in [6.45, 7) is 5.05. The minimum atomic E-state index is -3.82. The molecule has 0 saturated carbocycles. The summed E-state index contributed by atoms with van der Waals surface area (Å²) in [6.07, 6.45) is 0. The molecule has 2 N–H and O–H groups in total. The van der Waals surface area contributed by atoms with E-state index in [0.29, 0.717) is 17.1 Å². The van der Waals surface area contributed by atoms with E-state index in [-0.39, 0.29) is 16.8 Å². The van der Waals surface area contributed by atoms with E-state index in [4.69, 9.17) is 11.6 Å². The van der Waals surface area contributed by atoms with Gasteiger partial charge in [0.15, 0.2) is 0 Å². The van der Waals surface area contributed by atoms with Crippen molar-refractivity contribution in [3.8, 4) is 0 Å². The van der Waals surface area contributed by atoms with Crippen molar-refractivity contribution >= 4 is 39.2 Å². The minimum absolute atomic E-state index is 0.0147. The average Bonchev–Trinajstić information content (AvgIpc) is 2.46. The quantitative estimate of drug-likeness (QED) is 0.789. The number of amides is 1. The second-order valence-corrected chi connectivity index (χ2v) is 7.55. The molecule has 9 heteroatoms. The van der Waals surface area contributed by atoms with Crippen LogP contribution in [0.1, 0.15) is 18.3 Å². The zero-order valence-corrected chi connectivity index (χ0v) is 14.9. The Morgan fingerprint density at radius 2 is 1.67 bits per heavy atom. The summed E-state index contributed by atoms with van der Waals surface area (Å²) in [7, 11) is -3.82. The van der Waals surface area contributed by atoms with Gasteiger partial charge in [-0.2, -0.15) is 0 Å². The van der Waals surface area contributed by atoms with Gasteiger partial charge in [-0.3, -0.25) is 4.79 Å². The fourth-order valence-corrected chi connectivity index (χ4v) is 2.91. The number of nitrogens with zero attached hydrogens (tertiary/aromatic N) is 2. The molecule has 0 unspecified atom stereocenters. The van der Waals surface area contributed by atoms with Gasteiger partial charge in [0.2, 0.25) is 11.9 Å². The maximum atomic E-state index is 12.4. The van der Waals surface area contributed by atoms with Crippen molar-refractivity contribution in [3.05, 3.63) is 41.7 Å². The number of benzene rings is 1. The third kappa shape index (κ3) is 4.65.